The van der Waals surface area contributed by atoms with E-state index in [9.17, 15) is 18.4 Å². The van der Waals surface area contributed by atoms with Crippen molar-refractivity contribution in [3.8, 4) is 11.5 Å². The Balaban J connectivity index is 2.00. The summed E-state index contributed by atoms with van der Waals surface area (Å²) in [5.74, 6) is -1.82. The number of halogens is 2. The number of carbonyl (C=O) groups excluding carboxylic acids is 1. The van der Waals surface area contributed by atoms with E-state index in [0.29, 0.717) is 0 Å². The number of fused-ring (bicyclic) bond motifs is 1. The van der Waals surface area contributed by atoms with Crippen LogP contribution in [0.25, 0.3) is 0 Å². The topological polar surface area (TPSA) is 88.1 Å². The number of carbonyl (C=O) groups is 2. The van der Waals surface area contributed by atoms with Gasteiger partial charge in [-0.25, -0.2) is 0 Å². The van der Waals surface area contributed by atoms with Crippen LogP contribution in [0.3, 0.4) is 0 Å². The van der Waals surface area contributed by atoms with Gasteiger partial charge in [0.05, 0.1) is 13.1 Å². The summed E-state index contributed by atoms with van der Waals surface area (Å²) >= 11 is 0. The van der Waals surface area contributed by atoms with E-state index in [1.54, 1.807) is 13.8 Å². The van der Waals surface area contributed by atoms with Gasteiger partial charge in [-0.2, -0.15) is 0 Å². The first kappa shape index (κ1) is 16.9. The zero-order chi connectivity index (χ0) is 17.2. The van der Waals surface area contributed by atoms with Crippen LogP contribution in [0.2, 0.25) is 0 Å². The first-order valence-electron chi connectivity index (χ1n) is 6.82. The minimum absolute atomic E-state index is 0.123. The maximum Gasteiger partial charge on any atom is 0.586 e. The number of nitrogens with one attached hydrogen (secondary N) is 1. The summed E-state index contributed by atoms with van der Waals surface area (Å²) in [6.07, 6.45) is -3.72. The lowest BCUT2D eigenvalue weighted by atomic mass is 10.2. The van der Waals surface area contributed by atoms with Gasteiger partial charge < -0.3 is 19.9 Å². The number of alkyl halides is 2. The molecule has 0 aromatic heterocycles. The summed E-state index contributed by atoms with van der Waals surface area (Å²) in [6.45, 7) is 3.10. The lowest BCUT2D eigenvalue weighted by Gasteiger charge is -2.23. The van der Waals surface area contributed by atoms with Gasteiger partial charge in [-0.05, 0) is 26.0 Å². The Labute approximate surface area is 130 Å². The molecule has 0 fully saturated rings. The molecule has 23 heavy (non-hydrogen) atoms. The molecule has 0 bridgehead atoms. The maximum atomic E-state index is 12.9. The van der Waals surface area contributed by atoms with E-state index >= 15 is 0 Å². The highest BCUT2D eigenvalue weighted by Crippen LogP contribution is 2.42. The lowest BCUT2D eigenvalue weighted by molar-refractivity contribution is -0.286. The Hall–Kier alpha value is -2.42. The van der Waals surface area contributed by atoms with Crippen molar-refractivity contribution in [2.45, 2.75) is 26.2 Å². The highest BCUT2D eigenvalue weighted by molar-refractivity contribution is 5.92. The SMILES string of the molecule is CC(C)N(CC(=O)O)CC(=O)Nc1ccc2c(c1)OC(F)(F)O2. The van der Waals surface area contributed by atoms with Gasteiger partial charge in [-0.3, -0.25) is 14.5 Å². The van der Waals surface area contributed by atoms with Crippen LogP contribution in [-0.2, 0) is 9.59 Å². The minimum atomic E-state index is -3.72. The van der Waals surface area contributed by atoms with Crippen molar-refractivity contribution in [1.29, 1.82) is 0 Å². The van der Waals surface area contributed by atoms with E-state index in [0.717, 1.165) is 0 Å². The largest absolute Gasteiger partial charge is 0.586 e. The van der Waals surface area contributed by atoms with Crippen molar-refractivity contribution >= 4 is 17.6 Å². The number of anilines is 1. The van der Waals surface area contributed by atoms with Gasteiger partial charge >= 0.3 is 12.3 Å². The van der Waals surface area contributed by atoms with Crippen molar-refractivity contribution in [3.63, 3.8) is 0 Å². The molecule has 1 amide bonds. The van der Waals surface area contributed by atoms with Crippen LogP contribution < -0.4 is 14.8 Å². The number of benzene rings is 1. The van der Waals surface area contributed by atoms with Gasteiger partial charge in [-0.1, -0.05) is 0 Å². The number of rotatable bonds is 6. The van der Waals surface area contributed by atoms with Crippen LogP contribution >= 0.6 is 0 Å². The molecule has 1 aliphatic heterocycles. The Morgan fingerprint density at radius 1 is 1.26 bits per heavy atom. The molecule has 1 aliphatic rings. The van der Waals surface area contributed by atoms with Crippen molar-refractivity contribution in [2.75, 3.05) is 18.4 Å². The summed E-state index contributed by atoms with van der Waals surface area (Å²) in [7, 11) is 0. The second-order valence-corrected chi connectivity index (χ2v) is 5.27. The average Bonchev–Trinajstić information content (AvgIpc) is 2.70. The van der Waals surface area contributed by atoms with Gasteiger partial charge in [0.2, 0.25) is 5.91 Å². The fraction of sp³-hybridized carbons (Fsp3) is 0.429. The molecular formula is C14H16F2N2O5. The highest BCUT2D eigenvalue weighted by Gasteiger charge is 2.43. The number of ether oxygens (including phenoxy) is 2. The zero-order valence-corrected chi connectivity index (χ0v) is 12.5. The summed E-state index contributed by atoms with van der Waals surface area (Å²) in [5, 5.41) is 11.3. The fourth-order valence-corrected chi connectivity index (χ4v) is 2.01. The number of nitrogens with zero attached hydrogens (tertiary/aromatic N) is 1. The average molecular weight is 330 g/mol. The number of carboxylic acid groups (broad SMARTS) is 1. The summed E-state index contributed by atoms with van der Waals surface area (Å²) in [6, 6.07) is 3.71. The molecule has 1 heterocycles. The highest BCUT2D eigenvalue weighted by atomic mass is 19.3. The molecule has 0 aliphatic carbocycles. The molecule has 2 rings (SSSR count). The normalized spacial score (nSPS) is 15.0. The van der Waals surface area contributed by atoms with E-state index in [-0.39, 0.29) is 36.3 Å². The molecule has 0 saturated carbocycles. The predicted octanol–water partition coefficient (Wildman–Crippen LogP) is 1.74. The third kappa shape index (κ3) is 4.52. The maximum absolute atomic E-state index is 12.9. The third-order valence-corrected chi connectivity index (χ3v) is 3.10. The Morgan fingerprint density at radius 2 is 1.91 bits per heavy atom. The molecular weight excluding hydrogens is 314 g/mol. The number of aliphatic carboxylic acids is 1. The summed E-state index contributed by atoms with van der Waals surface area (Å²) in [4.78, 5) is 24.2. The van der Waals surface area contributed by atoms with E-state index in [4.69, 9.17) is 5.11 Å². The molecule has 9 heteroatoms. The van der Waals surface area contributed by atoms with E-state index < -0.39 is 18.2 Å². The molecule has 0 atom stereocenters. The van der Waals surface area contributed by atoms with Crippen LogP contribution in [-0.4, -0.2) is 47.3 Å². The van der Waals surface area contributed by atoms with Crippen LogP contribution in [0, 0.1) is 0 Å². The van der Waals surface area contributed by atoms with Crippen LogP contribution in [0.4, 0.5) is 14.5 Å². The lowest BCUT2D eigenvalue weighted by Crippen LogP contribution is -2.41. The van der Waals surface area contributed by atoms with Crippen molar-refractivity contribution < 1.29 is 33.0 Å². The zero-order valence-electron chi connectivity index (χ0n) is 12.5. The Kier molecular flexibility index (Phi) is 4.69. The van der Waals surface area contributed by atoms with Crippen molar-refractivity contribution in [3.05, 3.63) is 18.2 Å². The quantitative estimate of drug-likeness (QED) is 0.826. The number of amides is 1. The van der Waals surface area contributed by atoms with Crippen LogP contribution in [0.1, 0.15) is 13.8 Å². The first-order chi connectivity index (χ1) is 10.7. The molecule has 1 aromatic carbocycles. The monoisotopic (exact) mass is 330 g/mol. The molecule has 7 nitrogen and oxygen atoms in total. The van der Waals surface area contributed by atoms with E-state index in [1.165, 1.54) is 23.1 Å². The predicted molar refractivity (Wildman–Crippen MR) is 75.6 cm³/mol. The number of hydrogen-bond acceptors (Lipinski definition) is 5. The van der Waals surface area contributed by atoms with Gasteiger partial charge in [0.15, 0.2) is 11.5 Å². The Bertz CT molecular complexity index is 621. The van der Waals surface area contributed by atoms with E-state index in [2.05, 4.69) is 14.8 Å². The first-order valence-corrected chi connectivity index (χ1v) is 6.82. The van der Waals surface area contributed by atoms with Gasteiger partial charge in [0.25, 0.3) is 0 Å². The van der Waals surface area contributed by atoms with Crippen molar-refractivity contribution in [1.82, 2.24) is 4.90 Å². The van der Waals surface area contributed by atoms with Gasteiger partial charge in [-0.15, -0.1) is 8.78 Å². The third-order valence-electron chi connectivity index (χ3n) is 3.10. The molecule has 1 aromatic rings. The van der Waals surface area contributed by atoms with Crippen molar-refractivity contribution in [2.24, 2.45) is 0 Å². The van der Waals surface area contributed by atoms with Gasteiger partial charge in [0.1, 0.15) is 0 Å². The second-order valence-electron chi connectivity index (χ2n) is 5.27. The summed E-state index contributed by atoms with van der Waals surface area (Å²) in [5.41, 5.74) is 0.245. The second kappa shape index (κ2) is 6.37. The van der Waals surface area contributed by atoms with Crippen LogP contribution in [0.15, 0.2) is 18.2 Å². The molecule has 0 radical (unpaired) electrons. The summed E-state index contributed by atoms with van der Waals surface area (Å²) < 4.78 is 34.4. The Morgan fingerprint density at radius 3 is 2.52 bits per heavy atom. The number of carboxylic acids is 1. The van der Waals surface area contributed by atoms with Crippen LogP contribution in [0.5, 0.6) is 11.5 Å². The fourth-order valence-electron chi connectivity index (χ4n) is 2.01. The molecule has 126 valence electrons. The van der Waals surface area contributed by atoms with E-state index in [1.807, 2.05) is 0 Å². The molecule has 2 N–H and O–H groups in total. The number of hydrogen-bond donors (Lipinski definition) is 2. The smallest absolute Gasteiger partial charge is 0.480 e. The molecule has 0 saturated heterocycles. The standard InChI is InChI=1S/C14H16F2N2O5/c1-8(2)18(7-13(20)21)6-12(19)17-9-3-4-10-11(5-9)23-14(15,16)22-10/h3-5,8H,6-7H2,1-2H3,(H,17,19)(H,20,21). The molecule has 0 spiro atoms. The molecule has 0 unspecified atom stereocenters. The van der Waals surface area contributed by atoms with Gasteiger partial charge in [0, 0.05) is 17.8 Å². The minimum Gasteiger partial charge on any atom is -0.480 e.